The summed E-state index contributed by atoms with van der Waals surface area (Å²) in [6, 6.07) is 19.7. The van der Waals surface area contributed by atoms with Crippen molar-refractivity contribution < 1.29 is 9.53 Å². The van der Waals surface area contributed by atoms with Gasteiger partial charge in [0.05, 0.1) is 30.2 Å². The monoisotopic (exact) mass is 388 g/mol. The lowest BCUT2D eigenvalue weighted by molar-refractivity contribution is 0.0746. The smallest absolute Gasteiger partial charge is 0.255 e. The third-order valence-corrected chi connectivity index (χ3v) is 5.04. The maximum atomic E-state index is 13.0. The molecule has 0 saturated carbocycles. The highest BCUT2D eigenvalue weighted by atomic mass is 16.5. The first kappa shape index (κ1) is 18.8. The molecule has 0 atom stereocenters. The molecule has 1 aliphatic heterocycles. The number of carbonyl (C=O) groups excluding carboxylic acids is 1. The molecule has 0 spiro atoms. The van der Waals surface area contributed by atoms with Crippen molar-refractivity contribution in [3.63, 3.8) is 0 Å². The summed E-state index contributed by atoms with van der Waals surface area (Å²) in [5, 5.41) is 3.29. The van der Waals surface area contributed by atoms with Crippen LogP contribution in [0.1, 0.15) is 10.4 Å². The minimum absolute atomic E-state index is 0.00823. The predicted molar refractivity (Wildman–Crippen MR) is 115 cm³/mol. The number of pyridine rings is 1. The Morgan fingerprint density at radius 3 is 2.41 bits per heavy atom. The van der Waals surface area contributed by atoms with Crippen LogP contribution in [0.5, 0.6) is 5.75 Å². The minimum Gasteiger partial charge on any atom is -0.495 e. The van der Waals surface area contributed by atoms with Crippen molar-refractivity contribution in [3.05, 3.63) is 78.6 Å². The predicted octanol–water partition coefficient (Wildman–Crippen LogP) is 3.80. The molecule has 1 fully saturated rings. The van der Waals surface area contributed by atoms with Gasteiger partial charge in [0, 0.05) is 38.1 Å². The normalized spacial score (nSPS) is 13.8. The van der Waals surface area contributed by atoms with E-state index in [0.717, 1.165) is 35.9 Å². The summed E-state index contributed by atoms with van der Waals surface area (Å²) < 4.78 is 5.47. The SMILES string of the molecule is COc1ccccc1N1CCN(C(=O)c2cncc(Nc3ccccc3)c2)CC1. The summed E-state index contributed by atoms with van der Waals surface area (Å²) in [7, 11) is 1.68. The van der Waals surface area contributed by atoms with Crippen LogP contribution >= 0.6 is 0 Å². The highest BCUT2D eigenvalue weighted by Gasteiger charge is 2.24. The number of piperazine rings is 1. The Labute approximate surface area is 170 Å². The molecule has 2 aromatic carbocycles. The molecule has 0 aliphatic carbocycles. The van der Waals surface area contributed by atoms with Crippen LogP contribution in [0.15, 0.2) is 73.1 Å². The summed E-state index contributed by atoms with van der Waals surface area (Å²) >= 11 is 0. The Morgan fingerprint density at radius 1 is 0.931 bits per heavy atom. The molecule has 148 valence electrons. The van der Waals surface area contributed by atoms with Gasteiger partial charge >= 0.3 is 0 Å². The number of amides is 1. The number of anilines is 3. The van der Waals surface area contributed by atoms with E-state index in [0.29, 0.717) is 18.7 Å². The van der Waals surface area contributed by atoms with Crippen molar-refractivity contribution in [1.29, 1.82) is 0 Å². The number of ether oxygens (including phenoxy) is 1. The second-order valence-electron chi connectivity index (χ2n) is 6.90. The van der Waals surface area contributed by atoms with Crippen LogP contribution in [0, 0.1) is 0 Å². The molecule has 29 heavy (non-hydrogen) atoms. The molecule has 2 heterocycles. The first-order valence-corrected chi connectivity index (χ1v) is 9.69. The van der Waals surface area contributed by atoms with Gasteiger partial charge in [0.1, 0.15) is 5.75 Å². The quantitative estimate of drug-likeness (QED) is 0.721. The molecule has 6 nitrogen and oxygen atoms in total. The van der Waals surface area contributed by atoms with E-state index < -0.39 is 0 Å². The Balaban J connectivity index is 1.41. The van der Waals surface area contributed by atoms with E-state index >= 15 is 0 Å². The Hall–Kier alpha value is -3.54. The summed E-state index contributed by atoms with van der Waals surface area (Å²) in [5.41, 5.74) is 3.42. The van der Waals surface area contributed by atoms with Crippen LogP contribution < -0.4 is 15.0 Å². The third-order valence-electron chi connectivity index (χ3n) is 5.04. The summed E-state index contributed by atoms with van der Waals surface area (Å²) in [6.45, 7) is 2.85. The van der Waals surface area contributed by atoms with Crippen LogP contribution in [0.3, 0.4) is 0 Å². The van der Waals surface area contributed by atoms with E-state index in [1.165, 1.54) is 0 Å². The van der Waals surface area contributed by atoms with Crippen LogP contribution in [0.2, 0.25) is 0 Å². The van der Waals surface area contributed by atoms with Crippen LogP contribution in [-0.4, -0.2) is 49.1 Å². The van der Waals surface area contributed by atoms with Crippen molar-refractivity contribution in [3.8, 4) is 5.75 Å². The molecule has 6 heteroatoms. The van der Waals surface area contributed by atoms with Gasteiger partial charge in [0.15, 0.2) is 0 Å². The lowest BCUT2D eigenvalue weighted by Gasteiger charge is -2.36. The number of hydrogen-bond donors (Lipinski definition) is 1. The maximum absolute atomic E-state index is 13.0. The number of benzene rings is 2. The van der Waals surface area contributed by atoms with Crippen LogP contribution in [-0.2, 0) is 0 Å². The number of rotatable bonds is 5. The van der Waals surface area contributed by atoms with Gasteiger partial charge in [-0.05, 0) is 30.3 Å². The van der Waals surface area contributed by atoms with Gasteiger partial charge in [0.25, 0.3) is 5.91 Å². The number of aromatic nitrogens is 1. The standard InChI is InChI=1S/C23H24N4O2/c1-29-22-10-6-5-9-21(22)26-11-13-27(14-12-26)23(28)18-15-20(17-24-16-18)25-19-7-3-2-4-8-19/h2-10,15-17,25H,11-14H2,1H3. The number of para-hydroxylation sites is 3. The largest absolute Gasteiger partial charge is 0.495 e. The van der Waals surface area contributed by atoms with Gasteiger partial charge in [-0.1, -0.05) is 30.3 Å². The Bertz CT molecular complexity index is 969. The highest BCUT2D eigenvalue weighted by molar-refractivity contribution is 5.95. The van der Waals surface area contributed by atoms with Gasteiger partial charge in [-0.2, -0.15) is 0 Å². The Kier molecular flexibility index (Phi) is 5.61. The van der Waals surface area contributed by atoms with Gasteiger partial charge in [-0.25, -0.2) is 0 Å². The molecule has 0 unspecified atom stereocenters. The molecule has 1 N–H and O–H groups in total. The zero-order valence-electron chi connectivity index (χ0n) is 16.4. The highest BCUT2D eigenvalue weighted by Crippen LogP contribution is 2.28. The molecule has 0 bridgehead atoms. The van der Waals surface area contributed by atoms with E-state index in [-0.39, 0.29) is 5.91 Å². The van der Waals surface area contributed by atoms with Crippen LogP contribution in [0.4, 0.5) is 17.1 Å². The second kappa shape index (κ2) is 8.65. The molecular weight excluding hydrogens is 364 g/mol. The summed E-state index contributed by atoms with van der Waals surface area (Å²) in [6.07, 6.45) is 3.36. The molecule has 1 saturated heterocycles. The topological polar surface area (TPSA) is 57.7 Å². The zero-order chi connectivity index (χ0) is 20.1. The van der Waals surface area contributed by atoms with Gasteiger partial charge in [0.2, 0.25) is 0 Å². The number of nitrogens with one attached hydrogen (secondary N) is 1. The van der Waals surface area contributed by atoms with E-state index in [1.807, 2.05) is 59.5 Å². The molecule has 0 radical (unpaired) electrons. The fourth-order valence-corrected chi connectivity index (χ4v) is 3.54. The van der Waals surface area contributed by atoms with Crippen molar-refractivity contribution in [2.75, 3.05) is 43.5 Å². The fraction of sp³-hybridized carbons (Fsp3) is 0.217. The summed E-state index contributed by atoms with van der Waals surface area (Å²) in [4.78, 5) is 21.4. The Morgan fingerprint density at radius 2 is 1.66 bits per heavy atom. The molecule has 3 aromatic rings. The van der Waals surface area contributed by atoms with Gasteiger partial charge in [-0.15, -0.1) is 0 Å². The van der Waals surface area contributed by atoms with Crippen LogP contribution in [0.25, 0.3) is 0 Å². The molecule has 1 amide bonds. The van der Waals surface area contributed by atoms with E-state index in [4.69, 9.17) is 4.74 Å². The third kappa shape index (κ3) is 4.32. The number of carbonyl (C=O) groups is 1. The van der Waals surface area contributed by atoms with Crippen molar-refractivity contribution in [2.24, 2.45) is 0 Å². The maximum Gasteiger partial charge on any atom is 0.255 e. The van der Waals surface area contributed by atoms with Gasteiger partial charge < -0.3 is 19.9 Å². The lowest BCUT2D eigenvalue weighted by atomic mass is 10.2. The average molecular weight is 388 g/mol. The number of hydrogen-bond acceptors (Lipinski definition) is 5. The van der Waals surface area contributed by atoms with E-state index in [9.17, 15) is 4.79 Å². The van der Waals surface area contributed by atoms with Crippen molar-refractivity contribution in [2.45, 2.75) is 0 Å². The fourth-order valence-electron chi connectivity index (χ4n) is 3.54. The minimum atomic E-state index is 0.00823. The molecule has 1 aromatic heterocycles. The average Bonchev–Trinajstić information content (AvgIpc) is 2.79. The zero-order valence-corrected chi connectivity index (χ0v) is 16.4. The van der Waals surface area contributed by atoms with E-state index in [1.54, 1.807) is 19.5 Å². The van der Waals surface area contributed by atoms with E-state index in [2.05, 4.69) is 21.3 Å². The summed E-state index contributed by atoms with van der Waals surface area (Å²) in [5.74, 6) is 0.866. The molecular formula is C23H24N4O2. The lowest BCUT2D eigenvalue weighted by Crippen LogP contribution is -2.48. The van der Waals surface area contributed by atoms with Crippen molar-refractivity contribution in [1.82, 2.24) is 9.88 Å². The number of nitrogens with zero attached hydrogens (tertiary/aromatic N) is 3. The first-order valence-electron chi connectivity index (χ1n) is 9.69. The van der Waals surface area contributed by atoms with Gasteiger partial charge in [-0.3, -0.25) is 9.78 Å². The molecule has 4 rings (SSSR count). The van der Waals surface area contributed by atoms with Crippen molar-refractivity contribution >= 4 is 23.0 Å². The first-order chi connectivity index (χ1) is 14.2. The number of methoxy groups -OCH3 is 1. The molecule has 1 aliphatic rings. The second-order valence-corrected chi connectivity index (χ2v) is 6.90.